The molecule has 0 aromatic heterocycles. The van der Waals surface area contributed by atoms with E-state index < -0.39 is 5.91 Å². The maximum Gasteiger partial charge on any atom is 0.248 e. The Hall–Kier alpha value is -3.11. The van der Waals surface area contributed by atoms with Crippen LogP contribution in [0.4, 0.5) is 0 Å². The smallest absolute Gasteiger partial charge is 0.248 e. The molecular weight excluding hydrogens is 324 g/mol. The molecule has 0 spiro atoms. The SMILES string of the molecule is NC(=O)c1ccc(Oc2ccc3c(c2-c2ccccc2)CCNC3)cc1. The van der Waals surface area contributed by atoms with Crippen molar-refractivity contribution >= 4 is 5.91 Å². The average molecular weight is 344 g/mol. The van der Waals surface area contributed by atoms with Crippen LogP contribution >= 0.6 is 0 Å². The van der Waals surface area contributed by atoms with E-state index in [2.05, 4.69) is 23.5 Å². The second kappa shape index (κ2) is 7.02. The molecule has 1 heterocycles. The van der Waals surface area contributed by atoms with Crippen LogP contribution in [0.5, 0.6) is 11.5 Å². The summed E-state index contributed by atoms with van der Waals surface area (Å²) in [6.07, 6.45) is 0.970. The molecule has 3 aromatic rings. The van der Waals surface area contributed by atoms with Gasteiger partial charge in [-0.15, -0.1) is 0 Å². The molecule has 26 heavy (non-hydrogen) atoms. The van der Waals surface area contributed by atoms with Gasteiger partial charge in [0, 0.05) is 17.7 Å². The van der Waals surface area contributed by atoms with Crippen LogP contribution < -0.4 is 15.8 Å². The fourth-order valence-corrected chi connectivity index (χ4v) is 3.38. The predicted octanol–water partition coefficient (Wildman–Crippen LogP) is 3.89. The normalized spacial score (nSPS) is 13.1. The molecule has 3 aromatic carbocycles. The lowest BCUT2D eigenvalue weighted by atomic mass is 9.90. The van der Waals surface area contributed by atoms with Crippen molar-refractivity contribution in [3.05, 3.63) is 83.4 Å². The van der Waals surface area contributed by atoms with E-state index in [9.17, 15) is 4.79 Å². The third-order valence-corrected chi connectivity index (χ3v) is 4.67. The largest absolute Gasteiger partial charge is 0.457 e. The second-order valence-electron chi connectivity index (χ2n) is 6.36. The van der Waals surface area contributed by atoms with E-state index >= 15 is 0 Å². The van der Waals surface area contributed by atoms with Gasteiger partial charge in [0.05, 0.1) is 0 Å². The first-order valence-electron chi connectivity index (χ1n) is 8.71. The summed E-state index contributed by atoms with van der Waals surface area (Å²) in [5.74, 6) is 1.06. The van der Waals surface area contributed by atoms with Crippen LogP contribution in [0.15, 0.2) is 66.7 Å². The molecule has 0 aliphatic carbocycles. The number of nitrogens with one attached hydrogen (secondary N) is 1. The van der Waals surface area contributed by atoms with Gasteiger partial charge < -0.3 is 15.8 Å². The molecule has 0 fully saturated rings. The van der Waals surface area contributed by atoms with E-state index in [0.29, 0.717) is 11.3 Å². The zero-order valence-electron chi connectivity index (χ0n) is 14.4. The molecular formula is C22H20N2O2. The standard InChI is InChI=1S/C22H20N2O2/c23-22(25)16-6-9-18(10-7-16)26-20-11-8-17-14-24-13-12-19(17)21(20)15-4-2-1-3-5-15/h1-11,24H,12-14H2,(H2,23,25). The Kier molecular flexibility index (Phi) is 4.42. The van der Waals surface area contributed by atoms with Crippen LogP contribution in [0.1, 0.15) is 21.5 Å². The first kappa shape index (κ1) is 16.4. The molecule has 0 radical (unpaired) electrons. The highest BCUT2D eigenvalue weighted by Gasteiger charge is 2.19. The van der Waals surface area contributed by atoms with Crippen LogP contribution in [0.3, 0.4) is 0 Å². The number of nitrogens with two attached hydrogens (primary N) is 1. The maximum absolute atomic E-state index is 11.2. The van der Waals surface area contributed by atoms with Crippen molar-refractivity contribution in [1.82, 2.24) is 5.32 Å². The molecule has 3 N–H and O–H groups in total. The van der Waals surface area contributed by atoms with Crippen LogP contribution in [-0.4, -0.2) is 12.5 Å². The van der Waals surface area contributed by atoms with Gasteiger partial charge in [0.15, 0.2) is 0 Å². The topological polar surface area (TPSA) is 64.4 Å². The van der Waals surface area contributed by atoms with Crippen molar-refractivity contribution in [3.8, 4) is 22.6 Å². The van der Waals surface area contributed by atoms with Gasteiger partial charge in [-0.05, 0) is 60.0 Å². The van der Waals surface area contributed by atoms with E-state index in [0.717, 1.165) is 36.4 Å². The maximum atomic E-state index is 11.2. The van der Waals surface area contributed by atoms with Crippen molar-refractivity contribution in [2.45, 2.75) is 13.0 Å². The molecule has 0 atom stereocenters. The lowest BCUT2D eigenvalue weighted by Crippen LogP contribution is -2.24. The van der Waals surface area contributed by atoms with E-state index in [1.807, 2.05) is 24.3 Å². The molecule has 0 bridgehead atoms. The number of carbonyl (C=O) groups excluding carboxylic acids is 1. The van der Waals surface area contributed by atoms with Crippen LogP contribution in [0.25, 0.3) is 11.1 Å². The Labute approximate surface area is 152 Å². The summed E-state index contributed by atoms with van der Waals surface area (Å²) in [5.41, 5.74) is 10.7. The first-order chi connectivity index (χ1) is 12.7. The van der Waals surface area contributed by atoms with Crippen LogP contribution in [0.2, 0.25) is 0 Å². The van der Waals surface area contributed by atoms with Gasteiger partial charge in [0.2, 0.25) is 5.91 Å². The van der Waals surface area contributed by atoms with E-state index in [1.54, 1.807) is 24.3 Å². The number of hydrogen-bond donors (Lipinski definition) is 2. The number of hydrogen-bond acceptors (Lipinski definition) is 3. The Morgan fingerprint density at radius 1 is 0.962 bits per heavy atom. The summed E-state index contributed by atoms with van der Waals surface area (Å²) in [4.78, 5) is 11.2. The van der Waals surface area contributed by atoms with E-state index in [-0.39, 0.29) is 0 Å². The van der Waals surface area contributed by atoms with Gasteiger partial charge in [-0.25, -0.2) is 0 Å². The van der Waals surface area contributed by atoms with Crippen molar-refractivity contribution in [1.29, 1.82) is 0 Å². The highest BCUT2D eigenvalue weighted by Crippen LogP contribution is 2.39. The van der Waals surface area contributed by atoms with Crippen molar-refractivity contribution in [3.63, 3.8) is 0 Å². The highest BCUT2D eigenvalue weighted by molar-refractivity contribution is 5.92. The number of rotatable bonds is 4. The molecule has 1 amide bonds. The average Bonchev–Trinajstić information content (AvgIpc) is 2.69. The number of carbonyl (C=O) groups is 1. The Balaban J connectivity index is 1.77. The third-order valence-electron chi connectivity index (χ3n) is 4.67. The summed E-state index contributed by atoms with van der Waals surface area (Å²) in [5, 5.41) is 3.42. The minimum Gasteiger partial charge on any atom is -0.457 e. The first-order valence-corrected chi connectivity index (χ1v) is 8.71. The zero-order chi connectivity index (χ0) is 17.9. The third kappa shape index (κ3) is 3.19. The lowest BCUT2D eigenvalue weighted by molar-refractivity contribution is 0.100. The molecule has 1 aliphatic heterocycles. The van der Waals surface area contributed by atoms with Gasteiger partial charge in [-0.3, -0.25) is 4.79 Å². The second-order valence-corrected chi connectivity index (χ2v) is 6.36. The summed E-state index contributed by atoms with van der Waals surface area (Å²) in [7, 11) is 0. The minimum atomic E-state index is -0.442. The molecule has 0 saturated carbocycles. The van der Waals surface area contributed by atoms with Gasteiger partial charge in [0.25, 0.3) is 0 Å². The van der Waals surface area contributed by atoms with Crippen LogP contribution in [-0.2, 0) is 13.0 Å². The fourth-order valence-electron chi connectivity index (χ4n) is 3.38. The summed E-state index contributed by atoms with van der Waals surface area (Å²) in [6, 6.07) is 21.4. The summed E-state index contributed by atoms with van der Waals surface area (Å²) in [6.45, 7) is 1.84. The van der Waals surface area contributed by atoms with E-state index in [4.69, 9.17) is 10.5 Å². The zero-order valence-corrected chi connectivity index (χ0v) is 14.4. The lowest BCUT2D eigenvalue weighted by Gasteiger charge is -2.23. The van der Waals surface area contributed by atoms with Gasteiger partial charge in [0.1, 0.15) is 11.5 Å². The molecule has 1 aliphatic rings. The minimum absolute atomic E-state index is 0.442. The Morgan fingerprint density at radius 2 is 1.73 bits per heavy atom. The molecule has 4 nitrogen and oxygen atoms in total. The molecule has 130 valence electrons. The van der Waals surface area contributed by atoms with E-state index in [1.165, 1.54) is 11.1 Å². The molecule has 0 unspecified atom stereocenters. The Morgan fingerprint density at radius 3 is 2.46 bits per heavy atom. The van der Waals surface area contributed by atoms with Gasteiger partial charge >= 0.3 is 0 Å². The monoisotopic (exact) mass is 344 g/mol. The number of primary amides is 1. The summed E-state index contributed by atoms with van der Waals surface area (Å²) < 4.78 is 6.19. The Bertz CT molecular complexity index is 934. The predicted molar refractivity (Wildman–Crippen MR) is 102 cm³/mol. The summed E-state index contributed by atoms with van der Waals surface area (Å²) >= 11 is 0. The van der Waals surface area contributed by atoms with Gasteiger partial charge in [-0.1, -0.05) is 36.4 Å². The van der Waals surface area contributed by atoms with Crippen molar-refractivity contribution in [2.75, 3.05) is 6.54 Å². The number of ether oxygens (including phenoxy) is 1. The highest BCUT2D eigenvalue weighted by atomic mass is 16.5. The van der Waals surface area contributed by atoms with Crippen molar-refractivity contribution in [2.24, 2.45) is 5.73 Å². The van der Waals surface area contributed by atoms with Crippen molar-refractivity contribution < 1.29 is 9.53 Å². The fraction of sp³-hybridized carbons (Fsp3) is 0.136. The molecule has 0 saturated heterocycles. The van der Waals surface area contributed by atoms with Gasteiger partial charge in [-0.2, -0.15) is 0 Å². The number of amides is 1. The number of benzene rings is 3. The molecule has 4 heteroatoms. The molecule has 4 rings (SSSR count). The van der Waals surface area contributed by atoms with Crippen LogP contribution in [0, 0.1) is 0 Å². The quantitative estimate of drug-likeness (QED) is 0.755. The number of fused-ring (bicyclic) bond motifs is 1.